The first-order valence-corrected chi connectivity index (χ1v) is 11.4. The lowest BCUT2D eigenvalue weighted by Crippen LogP contribution is -2.39. The molecule has 1 heterocycles. The molecule has 1 amide bonds. The van der Waals surface area contributed by atoms with Gasteiger partial charge in [0.15, 0.2) is 0 Å². The van der Waals surface area contributed by atoms with Gasteiger partial charge in [0.1, 0.15) is 0 Å². The second-order valence-electron chi connectivity index (χ2n) is 8.09. The van der Waals surface area contributed by atoms with Crippen molar-refractivity contribution in [1.29, 1.82) is 0 Å². The van der Waals surface area contributed by atoms with E-state index in [4.69, 9.17) is 5.73 Å². The van der Waals surface area contributed by atoms with Crippen LogP contribution in [0.25, 0.3) is 0 Å². The molecule has 8 heteroatoms. The van der Waals surface area contributed by atoms with Gasteiger partial charge in [0.25, 0.3) is 0 Å². The molecule has 0 spiro atoms. The highest BCUT2D eigenvalue weighted by Crippen LogP contribution is 2.27. The molecule has 28 heavy (non-hydrogen) atoms. The van der Waals surface area contributed by atoms with Crippen LogP contribution in [0.2, 0.25) is 0 Å². The maximum Gasteiger partial charge on any atom is 0.243 e. The lowest BCUT2D eigenvalue weighted by molar-refractivity contribution is -0.122. The zero-order valence-corrected chi connectivity index (χ0v) is 18.1. The van der Waals surface area contributed by atoms with Gasteiger partial charge in [0.2, 0.25) is 15.9 Å². The molecule has 6 nitrogen and oxygen atoms in total. The van der Waals surface area contributed by atoms with Crippen molar-refractivity contribution < 1.29 is 13.2 Å². The molecule has 0 radical (unpaired) electrons. The quantitative estimate of drug-likeness (QED) is 0.727. The zero-order valence-electron chi connectivity index (χ0n) is 16.5. The summed E-state index contributed by atoms with van der Waals surface area (Å²) in [6.45, 7) is 3.67. The summed E-state index contributed by atoms with van der Waals surface area (Å²) >= 11 is 0. The Morgan fingerprint density at radius 1 is 1.18 bits per heavy atom. The third-order valence-electron chi connectivity index (χ3n) is 5.84. The normalized spacial score (nSPS) is 25.9. The number of rotatable bonds is 6. The number of piperidine rings is 1. The average Bonchev–Trinajstić information content (AvgIpc) is 3.05. The predicted octanol–water partition coefficient (Wildman–Crippen LogP) is 2.66. The van der Waals surface area contributed by atoms with E-state index in [0.717, 1.165) is 37.7 Å². The number of halogens is 1. The number of nitrogens with zero attached hydrogens (tertiary/aromatic N) is 1. The van der Waals surface area contributed by atoms with Gasteiger partial charge < -0.3 is 11.1 Å². The van der Waals surface area contributed by atoms with Crippen LogP contribution in [0.1, 0.15) is 51.0 Å². The van der Waals surface area contributed by atoms with E-state index in [1.54, 1.807) is 28.6 Å². The molecule has 1 aliphatic heterocycles. The maximum atomic E-state index is 12.8. The molecule has 3 N–H and O–H groups in total. The van der Waals surface area contributed by atoms with Crippen LogP contribution in [0.4, 0.5) is 0 Å². The number of hydrogen-bond acceptors (Lipinski definition) is 4. The minimum absolute atomic E-state index is 0. The molecule has 1 saturated carbocycles. The fourth-order valence-electron chi connectivity index (χ4n) is 4.12. The van der Waals surface area contributed by atoms with Gasteiger partial charge >= 0.3 is 0 Å². The first-order valence-electron chi connectivity index (χ1n) is 9.97. The number of carbonyl (C=O) groups excluding carboxylic acids is 1. The van der Waals surface area contributed by atoms with Gasteiger partial charge in [-0.25, -0.2) is 8.42 Å². The van der Waals surface area contributed by atoms with E-state index in [0.29, 0.717) is 36.9 Å². The first kappa shape index (κ1) is 23.1. The Balaban J connectivity index is 0.00000280. The van der Waals surface area contributed by atoms with E-state index < -0.39 is 10.0 Å². The van der Waals surface area contributed by atoms with Crippen LogP contribution in [0, 0.1) is 11.8 Å². The number of nitrogens with two attached hydrogens (primary N) is 1. The van der Waals surface area contributed by atoms with Crippen molar-refractivity contribution in [3.63, 3.8) is 0 Å². The van der Waals surface area contributed by atoms with Crippen molar-refractivity contribution in [2.45, 2.75) is 62.9 Å². The number of sulfonamides is 1. The third kappa shape index (κ3) is 5.69. The van der Waals surface area contributed by atoms with E-state index in [-0.39, 0.29) is 30.3 Å². The molecular formula is C20H32ClN3O3S. The van der Waals surface area contributed by atoms with Gasteiger partial charge in [-0.1, -0.05) is 25.5 Å². The van der Waals surface area contributed by atoms with Crippen LogP contribution in [0.3, 0.4) is 0 Å². The molecule has 2 fully saturated rings. The SMILES string of the molecule is CC1CCCN(S(=O)(=O)c2ccc(CNC(=O)C[C@@H]3CCC[C@H]3N)cc2)C1.Cl. The van der Waals surface area contributed by atoms with Gasteiger partial charge in [-0.15, -0.1) is 12.4 Å². The van der Waals surface area contributed by atoms with Crippen LogP contribution in [0.15, 0.2) is 29.2 Å². The lowest BCUT2D eigenvalue weighted by Gasteiger charge is -2.30. The summed E-state index contributed by atoms with van der Waals surface area (Å²) in [6, 6.07) is 6.98. The van der Waals surface area contributed by atoms with Crippen LogP contribution in [-0.4, -0.2) is 37.8 Å². The molecule has 1 saturated heterocycles. The second kappa shape index (κ2) is 10.1. The molecule has 1 unspecified atom stereocenters. The number of hydrogen-bond donors (Lipinski definition) is 2. The number of amides is 1. The van der Waals surface area contributed by atoms with Crippen LogP contribution >= 0.6 is 12.4 Å². The molecule has 2 aliphatic rings. The fraction of sp³-hybridized carbons (Fsp3) is 0.650. The van der Waals surface area contributed by atoms with Crippen molar-refractivity contribution in [1.82, 2.24) is 9.62 Å². The Hall–Kier alpha value is -1.15. The number of carbonyl (C=O) groups is 1. The molecule has 1 aromatic rings. The number of nitrogens with one attached hydrogen (secondary N) is 1. The molecule has 1 aliphatic carbocycles. The Morgan fingerprint density at radius 3 is 2.50 bits per heavy atom. The largest absolute Gasteiger partial charge is 0.352 e. The second-order valence-corrected chi connectivity index (χ2v) is 10.0. The molecule has 158 valence electrons. The molecule has 0 bridgehead atoms. The summed E-state index contributed by atoms with van der Waals surface area (Å²) in [7, 11) is -3.43. The van der Waals surface area contributed by atoms with Crippen molar-refractivity contribution in [3.8, 4) is 0 Å². The number of benzene rings is 1. The highest BCUT2D eigenvalue weighted by Gasteiger charge is 2.28. The minimum Gasteiger partial charge on any atom is -0.352 e. The summed E-state index contributed by atoms with van der Waals surface area (Å²) in [4.78, 5) is 12.4. The summed E-state index contributed by atoms with van der Waals surface area (Å²) < 4.78 is 27.1. The Bertz CT molecular complexity index is 754. The summed E-state index contributed by atoms with van der Waals surface area (Å²) in [5.74, 6) is 0.691. The van der Waals surface area contributed by atoms with Crippen LogP contribution < -0.4 is 11.1 Å². The Labute approximate surface area is 174 Å². The van der Waals surface area contributed by atoms with Gasteiger partial charge in [-0.2, -0.15) is 4.31 Å². The van der Waals surface area contributed by atoms with Crippen LogP contribution in [-0.2, 0) is 21.4 Å². The van der Waals surface area contributed by atoms with Crippen molar-refractivity contribution >= 4 is 28.3 Å². The predicted molar refractivity (Wildman–Crippen MR) is 113 cm³/mol. The topological polar surface area (TPSA) is 92.5 Å². The smallest absolute Gasteiger partial charge is 0.243 e. The van der Waals surface area contributed by atoms with E-state index >= 15 is 0 Å². The third-order valence-corrected chi connectivity index (χ3v) is 7.72. The minimum atomic E-state index is -3.43. The maximum absolute atomic E-state index is 12.8. The van der Waals surface area contributed by atoms with Gasteiger partial charge in [0.05, 0.1) is 4.90 Å². The molecule has 3 rings (SSSR count). The summed E-state index contributed by atoms with van der Waals surface area (Å²) in [5.41, 5.74) is 6.91. The van der Waals surface area contributed by atoms with Crippen molar-refractivity contribution in [2.75, 3.05) is 13.1 Å². The van der Waals surface area contributed by atoms with Gasteiger partial charge in [-0.3, -0.25) is 4.79 Å². The lowest BCUT2D eigenvalue weighted by atomic mass is 10.00. The average molecular weight is 430 g/mol. The van der Waals surface area contributed by atoms with Gasteiger partial charge in [0, 0.05) is 32.1 Å². The highest BCUT2D eigenvalue weighted by atomic mass is 35.5. The molecular weight excluding hydrogens is 398 g/mol. The zero-order chi connectivity index (χ0) is 19.4. The highest BCUT2D eigenvalue weighted by molar-refractivity contribution is 7.89. The molecule has 1 aromatic carbocycles. The first-order chi connectivity index (χ1) is 12.9. The van der Waals surface area contributed by atoms with Crippen LogP contribution in [0.5, 0.6) is 0 Å². The fourth-order valence-corrected chi connectivity index (χ4v) is 5.72. The molecule has 0 aromatic heterocycles. The van der Waals surface area contributed by atoms with E-state index in [2.05, 4.69) is 12.2 Å². The molecule has 3 atom stereocenters. The Kier molecular flexibility index (Phi) is 8.30. The van der Waals surface area contributed by atoms with E-state index in [1.807, 2.05) is 0 Å². The van der Waals surface area contributed by atoms with E-state index in [1.165, 1.54) is 0 Å². The summed E-state index contributed by atoms with van der Waals surface area (Å²) in [5, 5.41) is 2.92. The van der Waals surface area contributed by atoms with E-state index in [9.17, 15) is 13.2 Å². The van der Waals surface area contributed by atoms with Crippen molar-refractivity contribution in [3.05, 3.63) is 29.8 Å². The summed E-state index contributed by atoms with van der Waals surface area (Å²) in [6.07, 6.45) is 5.59. The monoisotopic (exact) mass is 429 g/mol. The van der Waals surface area contributed by atoms with Gasteiger partial charge in [-0.05, 0) is 55.2 Å². The Morgan fingerprint density at radius 2 is 1.89 bits per heavy atom. The standard InChI is InChI=1S/C20H31N3O3S.ClH/c1-15-4-3-11-23(14-15)27(25,26)18-9-7-16(8-10-18)13-22-20(24)12-17-5-2-6-19(17)21;/h7-10,15,17,19H,2-6,11-14,21H2,1H3,(H,22,24);1H/t15?,17-,19+;/m0./s1. The van der Waals surface area contributed by atoms with Crippen molar-refractivity contribution in [2.24, 2.45) is 17.6 Å².